The zero-order chi connectivity index (χ0) is 18.5. The average molecular weight is 383 g/mol. The predicted octanol–water partition coefficient (Wildman–Crippen LogP) is 1.09. The van der Waals surface area contributed by atoms with Crippen molar-refractivity contribution in [2.24, 2.45) is 0 Å². The summed E-state index contributed by atoms with van der Waals surface area (Å²) in [5.74, 6) is 1.17. The maximum Gasteiger partial charge on any atom is 0.281 e. The van der Waals surface area contributed by atoms with Crippen LogP contribution in [0.5, 0.6) is 0 Å². The number of amides is 3. The first-order chi connectivity index (χ1) is 12.5. The monoisotopic (exact) mass is 382 g/mol. The standard InChI is InChI=1S/C18H30N4O3S/c1-15-4-2-3-6-22(15)17(24)14-19-8-10-20(11-9-19)16(23)5-7-21-12-13-26-18(21)25/h15H,2-14H2,1H3. The Balaban J connectivity index is 1.37. The molecule has 146 valence electrons. The Hall–Kier alpha value is -1.28. The van der Waals surface area contributed by atoms with E-state index >= 15 is 0 Å². The summed E-state index contributed by atoms with van der Waals surface area (Å²) in [6.07, 6.45) is 3.83. The topological polar surface area (TPSA) is 64.2 Å². The van der Waals surface area contributed by atoms with E-state index in [9.17, 15) is 14.4 Å². The largest absolute Gasteiger partial charge is 0.340 e. The van der Waals surface area contributed by atoms with Crippen LogP contribution in [0, 0.1) is 0 Å². The van der Waals surface area contributed by atoms with Gasteiger partial charge >= 0.3 is 0 Å². The molecule has 3 amide bonds. The Labute approximate surface area is 160 Å². The van der Waals surface area contributed by atoms with Crippen molar-refractivity contribution in [3.63, 3.8) is 0 Å². The highest BCUT2D eigenvalue weighted by Crippen LogP contribution is 2.18. The number of hydrogen-bond donors (Lipinski definition) is 0. The van der Waals surface area contributed by atoms with E-state index in [4.69, 9.17) is 0 Å². The second-order valence-electron chi connectivity index (χ2n) is 7.44. The Morgan fingerprint density at radius 2 is 1.81 bits per heavy atom. The lowest BCUT2D eigenvalue weighted by Gasteiger charge is -2.38. The summed E-state index contributed by atoms with van der Waals surface area (Å²) in [6, 6.07) is 0.352. The normalized spacial score (nSPS) is 25.0. The molecule has 3 aliphatic heterocycles. The molecule has 0 aromatic carbocycles. The molecule has 0 aromatic heterocycles. The molecule has 3 aliphatic rings. The van der Waals surface area contributed by atoms with E-state index in [1.54, 1.807) is 4.90 Å². The van der Waals surface area contributed by atoms with Gasteiger partial charge in [-0.2, -0.15) is 0 Å². The van der Waals surface area contributed by atoms with E-state index in [-0.39, 0.29) is 17.1 Å². The van der Waals surface area contributed by atoms with Crippen molar-refractivity contribution in [3.8, 4) is 0 Å². The molecule has 3 heterocycles. The van der Waals surface area contributed by atoms with Gasteiger partial charge < -0.3 is 14.7 Å². The van der Waals surface area contributed by atoms with Gasteiger partial charge in [0.2, 0.25) is 11.8 Å². The third-order valence-electron chi connectivity index (χ3n) is 5.65. The molecule has 0 aliphatic carbocycles. The van der Waals surface area contributed by atoms with Crippen molar-refractivity contribution in [3.05, 3.63) is 0 Å². The van der Waals surface area contributed by atoms with Crippen LogP contribution >= 0.6 is 11.8 Å². The van der Waals surface area contributed by atoms with Gasteiger partial charge in [0.1, 0.15) is 0 Å². The number of piperidine rings is 1. The SMILES string of the molecule is CC1CCCCN1C(=O)CN1CCN(C(=O)CCN2CCSC2=O)CC1. The van der Waals surface area contributed by atoms with Gasteiger partial charge in [0, 0.05) is 64.0 Å². The van der Waals surface area contributed by atoms with E-state index in [1.165, 1.54) is 18.2 Å². The molecule has 0 spiro atoms. The minimum atomic E-state index is 0.0908. The fourth-order valence-corrected chi connectivity index (χ4v) is 4.78. The number of piperazine rings is 1. The van der Waals surface area contributed by atoms with E-state index in [0.717, 1.165) is 44.8 Å². The van der Waals surface area contributed by atoms with Crippen LogP contribution in [-0.4, -0.2) is 101 Å². The highest BCUT2D eigenvalue weighted by molar-refractivity contribution is 8.13. The molecule has 26 heavy (non-hydrogen) atoms. The summed E-state index contributed by atoms with van der Waals surface area (Å²) < 4.78 is 0. The summed E-state index contributed by atoms with van der Waals surface area (Å²) in [4.78, 5) is 44.3. The Morgan fingerprint density at radius 3 is 2.46 bits per heavy atom. The summed E-state index contributed by atoms with van der Waals surface area (Å²) in [7, 11) is 0. The van der Waals surface area contributed by atoms with Gasteiger partial charge in [-0.1, -0.05) is 11.8 Å². The Morgan fingerprint density at radius 1 is 1.04 bits per heavy atom. The Kier molecular flexibility index (Phi) is 6.80. The molecule has 0 N–H and O–H groups in total. The third-order valence-corrected chi connectivity index (χ3v) is 6.54. The summed E-state index contributed by atoms with van der Waals surface area (Å²) in [5.41, 5.74) is 0. The molecule has 3 fully saturated rings. The number of rotatable bonds is 5. The number of thioether (sulfide) groups is 1. The maximum absolute atomic E-state index is 12.5. The molecule has 1 unspecified atom stereocenters. The molecule has 0 aromatic rings. The summed E-state index contributed by atoms with van der Waals surface area (Å²) >= 11 is 1.33. The average Bonchev–Trinajstić information content (AvgIpc) is 3.05. The molecular weight excluding hydrogens is 352 g/mol. The fraction of sp³-hybridized carbons (Fsp3) is 0.833. The number of nitrogens with zero attached hydrogens (tertiary/aromatic N) is 4. The molecule has 1 atom stereocenters. The van der Waals surface area contributed by atoms with Gasteiger partial charge in [-0.15, -0.1) is 0 Å². The molecule has 0 bridgehead atoms. The second kappa shape index (κ2) is 9.08. The number of hydrogen-bond acceptors (Lipinski definition) is 5. The van der Waals surface area contributed by atoms with Crippen molar-refractivity contribution in [1.29, 1.82) is 0 Å². The second-order valence-corrected chi connectivity index (χ2v) is 8.49. The van der Waals surface area contributed by atoms with Crippen LogP contribution in [0.15, 0.2) is 0 Å². The van der Waals surface area contributed by atoms with Crippen molar-refractivity contribution in [2.45, 2.75) is 38.6 Å². The highest BCUT2D eigenvalue weighted by Gasteiger charge is 2.28. The highest BCUT2D eigenvalue weighted by atomic mass is 32.2. The van der Waals surface area contributed by atoms with E-state index in [0.29, 0.717) is 38.6 Å². The number of likely N-dealkylation sites (tertiary alicyclic amines) is 1. The molecular formula is C18H30N4O3S. The number of carbonyl (C=O) groups excluding carboxylic acids is 3. The van der Waals surface area contributed by atoms with Gasteiger partial charge in [0.05, 0.1) is 6.54 Å². The first-order valence-electron chi connectivity index (χ1n) is 9.76. The maximum atomic E-state index is 12.5. The minimum Gasteiger partial charge on any atom is -0.340 e. The lowest BCUT2D eigenvalue weighted by molar-refractivity contribution is -0.137. The smallest absolute Gasteiger partial charge is 0.281 e. The minimum absolute atomic E-state index is 0.0908. The number of carbonyl (C=O) groups is 3. The van der Waals surface area contributed by atoms with Gasteiger partial charge in [-0.3, -0.25) is 19.3 Å². The molecule has 3 rings (SSSR count). The molecule has 0 saturated carbocycles. The summed E-state index contributed by atoms with van der Waals surface area (Å²) in [5, 5.41) is 0.0908. The van der Waals surface area contributed by atoms with Crippen molar-refractivity contribution in [2.75, 3.05) is 58.1 Å². The summed E-state index contributed by atoms with van der Waals surface area (Å²) in [6.45, 7) is 7.60. The zero-order valence-electron chi connectivity index (χ0n) is 15.7. The van der Waals surface area contributed by atoms with Crippen LogP contribution in [0.4, 0.5) is 4.79 Å². The quantitative estimate of drug-likeness (QED) is 0.712. The Bertz CT molecular complexity index is 537. The van der Waals surface area contributed by atoms with Crippen molar-refractivity contribution in [1.82, 2.24) is 19.6 Å². The van der Waals surface area contributed by atoms with E-state index in [2.05, 4.69) is 11.8 Å². The van der Waals surface area contributed by atoms with Crippen molar-refractivity contribution >= 4 is 28.8 Å². The van der Waals surface area contributed by atoms with Crippen LogP contribution in [-0.2, 0) is 9.59 Å². The lowest BCUT2D eigenvalue weighted by atomic mass is 10.0. The van der Waals surface area contributed by atoms with Crippen LogP contribution in [0.2, 0.25) is 0 Å². The van der Waals surface area contributed by atoms with Crippen LogP contribution in [0.25, 0.3) is 0 Å². The van der Waals surface area contributed by atoms with Crippen LogP contribution in [0.1, 0.15) is 32.6 Å². The van der Waals surface area contributed by atoms with Crippen LogP contribution < -0.4 is 0 Å². The molecule has 8 heteroatoms. The van der Waals surface area contributed by atoms with E-state index in [1.807, 2.05) is 9.80 Å². The van der Waals surface area contributed by atoms with Gasteiger partial charge in [0.25, 0.3) is 5.24 Å². The van der Waals surface area contributed by atoms with Gasteiger partial charge in [-0.05, 0) is 26.2 Å². The molecule has 0 radical (unpaired) electrons. The first kappa shape index (κ1) is 19.5. The van der Waals surface area contributed by atoms with Gasteiger partial charge in [-0.25, -0.2) is 0 Å². The van der Waals surface area contributed by atoms with Crippen molar-refractivity contribution < 1.29 is 14.4 Å². The van der Waals surface area contributed by atoms with Crippen LogP contribution in [0.3, 0.4) is 0 Å². The molecule has 7 nitrogen and oxygen atoms in total. The predicted molar refractivity (Wildman–Crippen MR) is 102 cm³/mol. The molecule has 3 saturated heterocycles. The third kappa shape index (κ3) is 4.91. The van der Waals surface area contributed by atoms with Gasteiger partial charge in [0.15, 0.2) is 0 Å². The fourth-order valence-electron chi connectivity index (χ4n) is 3.92. The lowest BCUT2D eigenvalue weighted by Crippen LogP contribution is -2.53. The zero-order valence-corrected chi connectivity index (χ0v) is 16.5. The first-order valence-corrected chi connectivity index (χ1v) is 10.7. The van der Waals surface area contributed by atoms with E-state index < -0.39 is 0 Å².